The second-order valence-electron chi connectivity index (χ2n) is 4.44. The Morgan fingerprint density at radius 1 is 1.30 bits per heavy atom. The van der Waals surface area contributed by atoms with E-state index < -0.39 is 10.8 Å². The fourth-order valence-corrected chi connectivity index (χ4v) is 2.17. The number of nitro groups is 1. The number of anilines is 1. The fourth-order valence-electron chi connectivity index (χ4n) is 1.79. The van der Waals surface area contributed by atoms with Crippen molar-refractivity contribution < 1.29 is 19.2 Å². The number of methoxy groups -OCH3 is 1. The van der Waals surface area contributed by atoms with Gasteiger partial charge in [0.15, 0.2) is 6.61 Å². The van der Waals surface area contributed by atoms with Crippen LogP contribution in [0.4, 0.5) is 11.4 Å². The van der Waals surface area contributed by atoms with Crippen molar-refractivity contribution in [1.82, 2.24) is 0 Å². The molecule has 23 heavy (non-hydrogen) atoms. The van der Waals surface area contributed by atoms with Crippen LogP contribution in [0.15, 0.2) is 46.9 Å². The summed E-state index contributed by atoms with van der Waals surface area (Å²) < 4.78 is 11.3. The molecular weight excluding hydrogens is 368 g/mol. The van der Waals surface area contributed by atoms with Gasteiger partial charge in [-0.05, 0) is 24.3 Å². The Hall–Kier alpha value is -2.61. The van der Waals surface area contributed by atoms with Crippen LogP contribution in [0.1, 0.15) is 0 Å². The third-order valence-corrected chi connectivity index (χ3v) is 3.33. The van der Waals surface area contributed by atoms with Gasteiger partial charge in [0.25, 0.3) is 11.6 Å². The molecular formula is C15H13BrN2O5. The number of benzene rings is 2. The van der Waals surface area contributed by atoms with Crippen LogP contribution in [-0.2, 0) is 4.79 Å². The molecule has 8 heteroatoms. The first kappa shape index (κ1) is 16.8. The quantitative estimate of drug-likeness (QED) is 0.612. The van der Waals surface area contributed by atoms with Gasteiger partial charge >= 0.3 is 0 Å². The molecule has 0 heterocycles. The van der Waals surface area contributed by atoms with Crippen LogP contribution in [0.25, 0.3) is 0 Å². The molecule has 0 spiro atoms. The molecule has 2 aromatic carbocycles. The number of nitrogens with one attached hydrogen (secondary N) is 1. The molecule has 0 aliphatic rings. The number of halogens is 1. The summed E-state index contributed by atoms with van der Waals surface area (Å²) in [4.78, 5) is 22.1. The molecule has 0 fully saturated rings. The van der Waals surface area contributed by atoms with E-state index in [1.54, 1.807) is 18.2 Å². The van der Waals surface area contributed by atoms with Crippen molar-refractivity contribution in [2.24, 2.45) is 0 Å². The largest absolute Gasteiger partial charge is 0.494 e. The van der Waals surface area contributed by atoms with E-state index in [4.69, 9.17) is 9.47 Å². The lowest BCUT2D eigenvalue weighted by molar-refractivity contribution is -0.384. The lowest BCUT2D eigenvalue weighted by Gasteiger charge is -2.11. The topological polar surface area (TPSA) is 90.7 Å². The molecule has 7 nitrogen and oxygen atoms in total. The van der Waals surface area contributed by atoms with Crippen LogP contribution < -0.4 is 14.8 Å². The van der Waals surface area contributed by atoms with Gasteiger partial charge in [-0.3, -0.25) is 14.9 Å². The molecule has 0 saturated carbocycles. The lowest BCUT2D eigenvalue weighted by Crippen LogP contribution is -2.20. The van der Waals surface area contributed by atoms with Gasteiger partial charge in [0, 0.05) is 10.5 Å². The standard InChI is InChI=1S/C15H13BrN2O5/c1-22-14-8-11(18(20)21)5-6-13(14)17-15(19)9-23-12-4-2-3-10(16)7-12/h2-8H,9H2,1H3,(H,17,19). The number of non-ortho nitro benzene ring substituents is 1. The van der Waals surface area contributed by atoms with Crippen LogP contribution in [0.5, 0.6) is 11.5 Å². The summed E-state index contributed by atoms with van der Waals surface area (Å²) in [7, 11) is 1.37. The third kappa shape index (κ3) is 4.68. The minimum atomic E-state index is -0.537. The fraction of sp³-hybridized carbons (Fsp3) is 0.133. The average molecular weight is 381 g/mol. The Labute approximate surface area is 140 Å². The highest BCUT2D eigenvalue weighted by Gasteiger charge is 2.13. The number of hydrogen-bond acceptors (Lipinski definition) is 5. The molecule has 0 unspecified atom stereocenters. The summed E-state index contributed by atoms with van der Waals surface area (Å²) in [5.74, 6) is 0.345. The number of nitrogens with zero attached hydrogens (tertiary/aromatic N) is 1. The smallest absolute Gasteiger partial charge is 0.273 e. The number of carbonyl (C=O) groups is 1. The number of ether oxygens (including phenoxy) is 2. The van der Waals surface area contributed by atoms with Gasteiger partial charge in [0.05, 0.1) is 23.8 Å². The number of carbonyl (C=O) groups excluding carboxylic acids is 1. The zero-order valence-corrected chi connectivity index (χ0v) is 13.7. The molecule has 0 atom stereocenters. The van der Waals surface area contributed by atoms with Crippen molar-refractivity contribution in [3.05, 3.63) is 57.1 Å². The third-order valence-electron chi connectivity index (χ3n) is 2.84. The first-order valence-corrected chi connectivity index (χ1v) is 7.29. The highest BCUT2D eigenvalue weighted by atomic mass is 79.9. The van der Waals surface area contributed by atoms with Crippen molar-refractivity contribution in [2.75, 3.05) is 19.0 Å². The van der Waals surface area contributed by atoms with Crippen LogP contribution in [0, 0.1) is 10.1 Å². The van der Waals surface area contributed by atoms with Gasteiger partial charge in [-0.25, -0.2) is 0 Å². The minimum absolute atomic E-state index is 0.120. The van der Waals surface area contributed by atoms with Gasteiger partial charge in [-0.2, -0.15) is 0 Å². The van der Waals surface area contributed by atoms with Gasteiger partial charge < -0.3 is 14.8 Å². The number of nitro benzene ring substituents is 1. The number of hydrogen-bond donors (Lipinski definition) is 1. The molecule has 2 aromatic rings. The predicted octanol–water partition coefficient (Wildman–Crippen LogP) is 3.38. The molecule has 0 aliphatic heterocycles. The van der Waals surface area contributed by atoms with E-state index in [0.29, 0.717) is 11.4 Å². The molecule has 0 saturated heterocycles. The van der Waals surface area contributed by atoms with E-state index in [0.717, 1.165) is 4.47 Å². The van der Waals surface area contributed by atoms with Gasteiger partial charge in [-0.1, -0.05) is 22.0 Å². The van der Waals surface area contributed by atoms with Crippen molar-refractivity contribution in [3.8, 4) is 11.5 Å². The van der Waals surface area contributed by atoms with Crippen LogP contribution in [-0.4, -0.2) is 24.5 Å². The highest BCUT2D eigenvalue weighted by molar-refractivity contribution is 9.10. The SMILES string of the molecule is COc1cc([N+](=O)[O-])ccc1NC(=O)COc1cccc(Br)c1. The van der Waals surface area contributed by atoms with E-state index >= 15 is 0 Å². The highest BCUT2D eigenvalue weighted by Crippen LogP contribution is 2.29. The maximum absolute atomic E-state index is 11.9. The van der Waals surface area contributed by atoms with Gasteiger partial charge in [-0.15, -0.1) is 0 Å². The summed E-state index contributed by atoms with van der Waals surface area (Å²) in [5.41, 5.74) is 0.214. The molecule has 2 rings (SSSR count). The van der Waals surface area contributed by atoms with E-state index in [2.05, 4.69) is 21.2 Å². The van der Waals surface area contributed by atoms with E-state index in [1.807, 2.05) is 6.07 Å². The molecule has 0 radical (unpaired) electrons. The lowest BCUT2D eigenvalue weighted by atomic mass is 10.2. The maximum Gasteiger partial charge on any atom is 0.273 e. The summed E-state index contributed by atoms with van der Waals surface area (Å²) >= 11 is 3.31. The second-order valence-corrected chi connectivity index (χ2v) is 5.35. The molecule has 0 aliphatic carbocycles. The van der Waals surface area contributed by atoms with Crippen LogP contribution in [0.3, 0.4) is 0 Å². The Balaban J connectivity index is 2.01. The van der Waals surface area contributed by atoms with Crippen molar-refractivity contribution in [2.45, 2.75) is 0 Å². The minimum Gasteiger partial charge on any atom is -0.494 e. The van der Waals surface area contributed by atoms with Crippen molar-refractivity contribution >= 4 is 33.2 Å². The Kier molecular flexibility index (Phi) is 5.53. The summed E-state index contributed by atoms with van der Waals surface area (Å²) in [5, 5.41) is 13.3. The molecule has 0 bridgehead atoms. The second kappa shape index (κ2) is 7.59. The van der Waals surface area contributed by atoms with E-state index in [-0.39, 0.29) is 18.0 Å². The van der Waals surface area contributed by atoms with Crippen LogP contribution in [0.2, 0.25) is 0 Å². The zero-order chi connectivity index (χ0) is 16.8. The number of amides is 1. The number of rotatable bonds is 6. The molecule has 1 amide bonds. The monoisotopic (exact) mass is 380 g/mol. The van der Waals surface area contributed by atoms with Crippen molar-refractivity contribution in [1.29, 1.82) is 0 Å². The normalized spacial score (nSPS) is 10.0. The zero-order valence-electron chi connectivity index (χ0n) is 12.1. The molecule has 120 valence electrons. The van der Waals surface area contributed by atoms with E-state index in [1.165, 1.54) is 25.3 Å². The molecule has 1 N–H and O–H groups in total. The van der Waals surface area contributed by atoms with E-state index in [9.17, 15) is 14.9 Å². The summed E-state index contributed by atoms with van der Waals surface area (Å²) in [6, 6.07) is 11.0. The van der Waals surface area contributed by atoms with Crippen LogP contribution >= 0.6 is 15.9 Å². The van der Waals surface area contributed by atoms with Gasteiger partial charge in [0.2, 0.25) is 0 Å². The molecule has 0 aromatic heterocycles. The summed E-state index contributed by atoms with van der Waals surface area (Å²) in [6.45, 7) is -0.198. The van der Waals surface area contributed by atoms with Crippen molar-refractivity contribution in [3.63, 3.8) is 0 Å². The maximum atomic E-state index is 11.9. The average Bonchev–Trinajstić information content (AvgIpc) is 2.53. The first-order valence-electron chi connectivity index (χ1n) is 6.50. The Morgan fingerprint density at radius 3 is 2.74 bits per heavy atom. The first-order chi connectivity index (χ1) is 11.0. The predicted molar refractivity (Wildman–Crippen MR) is 87.9 cm³/mol. The van der Waals surface area contributed by atoms with Gasteiger partial charge in [0.1, 0.15) is 11.5 Å². The Bertz CT molecular complexity index is 736. The Morgan fingerprint density at radius 2 is 2.09 bits per heavy atom. The summed E-state index contributed by atoms with van der Waals surface area (Å²) in [6.07, 6.45) is 0.